The Morgan fingerprint density at radius 3 is 2.52 bits per heavy atom. The second-order valence-electron chi connectivity index (χ2n) is 7.11. The highest BCUT2D eigenvalue weighted by atomic mass is 16.3. The lowest BCUT2D eigenvalue weighted by Gasteiger charge is -2.21. The van der Waals surface area contributed by atoms with E-state index in [9.17, 15) is 9.90 Å². The van der Waals surface area contributed by atoms with Crippen LogP contribution >= 0.6 is 0 Å². The van der Waals surface area contributed by atoms with Gasteiger partial charge in [0, 0.05) is 6.92 Å². The summed E-state index contributed by atoms with van der Waals surface area (Å²) in [5, 5.41) is 17.1. The van der Waals surface area contributed by atoms with Gasteiger partial charge in [0.2, 0.25) is 5.91 Å². The highest BCUT2D eigenvalue weighted by molar-refractivity contribution is 5.73. The summed E-state index contributed by atoms with van der Waals surface area (Å²) in [7, 11) is 0. The van der Waals surface area contributed by atoms with Crippen molar-refractivity contribution < 1.29 is 9.90 Å². The Labute approximate surface area is 148 Å². The molecule has 2 aromatic rings. The molecule has 1 atom stereocenters. The molecule has 1 aromatic heterocycles. The normalized spacial score (nSPS) is 16.7. The van der Waals surface area contributed by atoms with E-state index in [1.165, 1.54) is 12.5 Å². The van der Waals surface area contributed by atoms with Crippen molar-refractivity contribution in [2.24, 2.45) is 5.92 Å². The molecule has 2 N–H and O–H groups in total. The summed E-state index contributed by atoms with van der Waals surface area (Å²) in [4.78, 5) is 16.5. The number of aliphatic hydroxyl groups is 1. The lowest BCUT2D eigenvalue weighted by atomic mass is 9.95. The lowest BCUT2D eigenvalue weighted by Crippen LogP contribution is -2.32. The summed E-state index contributed by atoms with van der Waals surface area (Å²) in [6.45, 7) is 5.95. The number of hydrogen-bond donors (Lipinski definition) is 2. The molecule has 0 spiro atoms. The third kappa shape index (κ3) is 3.44. The Balaban J connectivity index is 2.01. The summed E-state index contributed by atoms with van der Waals surface area (Å²) in [5.74, 6) is 1.59. The number of nitrogens with one attached hydrogen (secondary N) is 1. The van der Waals surface area contributed by atoms with Crippen LogP contribution in [0.5, 0.6) is 0 Å². The first-order valence-electron chi connectivity index (χ1n) is 8.86. The largest absolute Gasteiger partial charge is 0.394 e. The van der Waals surface area contributed by atoms with Crippen LogP contribution in [0.15, 0.2) is 30.3 Å². The number of carbonyl (C=O) groups excluding carboxylic acids is 1. The molecular formula is C19H26N4O2. The summed E-state index contributed by atoms with van der Waals surface area (Å²) in [5.41, 5.74) is 1.09. The van der Waals surface area contributed by atoms with E-state index in [0.717, 1.165) is 24.5 Å². The topological polar surface area (TPSA) is 80.0 Å². The van der Waals surface area contributed by atoms with Gasteiger partial charge in [0.25, 0.3) is 0 Å². The molecule has 1 amide bonds. The van der Waals surface area contributed by atoms with Gasteiger partial charge < -0.3 is 10.4 Å². The fourth-order valence-corrected chi connectivity index (χ4v) is 3.32. The maximum Gasteiger partial charge on any atom is 0.217 e. The van der Waals surface area contributed by atoms with Gasteiger partial charge in [-0.25, -0.2) is 9.67 Å². The molecular weight excluding hydrogens is 316 g/mol. The van der Waals surface area contributed by atoms with Crippen LogP contribution in [-0.2, 0) is 16.8 Å². The van der Waals surface area contributed by atoms with Crippen LogP contribution in [0.1, 0.15) is 56.9 Å². The van der Waals surface area contributed by atoms with Gasteiger partial charge >= 0.3 is 0 Å². The van der Waals surface area contributed by atoms with Gasteiger partial charge in [0.15, 0.2) is 5.82 Å². The molecule has 1 aromatic carbocycles. The zero-order chi connectivity index (χ0) is 18.0. The molecule has 0 aliphatic heterocycles. The van der Waals surface area contributed by atoms with E-state index < -0.39 is 0 Å². The molecule has 25 heavy (non-hydrogen) atoms. The third-order valence-electron chi connectivity index (χ3n) is 4.82. The molecule has 3 rings (SSSR count). The van der Waals surface area contributed by atoms with Gasteiger partial charge in [-0.2, -0.15) is 5.10 Å². The number of hydrogen-bond acceptors (Lipinski definition) is 4. The minimum Gasteiger partial charge on any atom is -0.394 e. The average molecular weight is 342 g/mol. The SMILES string of the molecule is CC(=O)N[C@H](c1nc(C2(c3ccccc3)CC2)nn1CCO)C(C)C. The second kappa shape index (κ2) is 6.96. The van der Waals surface area contributed by atoms with Gasteiger partial charge in [-0.05, 0) is 24.3 Å². The predicted octanol–water partition coefficient (Wildman–Crippen LogP) is 2.18. The van der Waals surface area contributed by atoms with Crippen molar-refractivity contribution in [2.75, 3.05) is 6.61 Å². The van der Waals surface area contributed by atoms with Crippen LogP contribution in [0.2, 0.25) is 0 Å². The number of carbonyl (C=O) groups is 1. The number of aromatic nitrogens is 3. The van der Waals surface area contributed by atoms with Crippen LogP contribution in [0.3, 0.4) is 0 Å². The summed E-state index contributed by atoms with van der Waals surface area (Å²) < 4.78 is 1.75. The predicted molar refractivity (Wildman–Crippen MR) is 95.0 cm³/mol. The van der Waals surface area contributed by atoms with Crippen LogP contribution in [0, 0.1) is 5.92 Å². The molecule has 6 nitrogen and oxygen atoms in total. The van der Waals surface area contributed by atoms with Crippen LogP contribution < -0.4 is 5.32 Å². The minimum absolute atomic E-state index is 0.0149. The maximum absolute atomic E-state index is 11.6. The van der Waals surface area contributed by atoms with Crippen LogP contribution in [-0.4, -0.2) is 32.4 Å². The molecule has 134 valence electrons. The van der Waals surface area contributed by atoms with Gasteiger partial charge in [-0.15, -0.1) is 0 Å². The molecule has 0 unspecified atom stereocenters. The number of rotatable bonds is 7. The molecule has 6 heteroatoms. The fraction of sp³-hybridized carbons (Fsp3) is 0.526. The lowest BCUT2D eigenvalue weighted by molar-refractivity contribution is -0.120. The monoisotopic (exact) mass is 342 g/mol. The minimum atomic E-state index is -0.225. The van der Waals surface area contributed by atoms with E-state index in [1.54, 1.807) is 4.68 Å². The van der Waals surface area contributed by atoms with Gasteiger partial charge in [-0.1, -0.05) is 44.2 Å². The second-order valence-corrected chi connectivity index (χ2v) is 7.11. The zero-order valence-electron chi connectivity index (χ0n) is 15.1. The van der Waals surface area contributed by atoms with Crippen LogP contribution in [0.25, 0.3) is 0 Å². The number of benzene rings is 1. The average Bonchev–Trinajstić information content (AvgIpc) is 3.29. The van der Waals surface area contributed by atoms with Crippen molar-refractivity contribution in [3.8, 4) is 0 Å². The number of amides is 1. The Kier molecular flexibility index (Phi) is 4.90. The Morgan fingerprint density at radius 1 is 1.32 bits per heavy atom. The maximum atomic E-state index is 11.6. The van der Waals surface area contributed by atoms with E-state index in [0.29, 0.717) is 6.54 Å². The molecule has 0 radical (unpaired) electrons. The van der Waals surface area contributed by atoms with Gasteiger partial charge in [-0.3, -0.25) is 4.79 Å². The number of nitrogens with zero attached hydrogens (tertiary/aromatic N) is 3. The van der Waals surface area contributed by atoms with Crippen molar-refractivity contribution in [2.45, 2.75) is 51.6 Å². The van der Waals surface area contributed by atoms with Crippen LogP contribution in [0.4, 0.5) is 0 Å². The Hall–Kier alpha value is -2.21. The molecule has 1 fully saturated rings. The van der Waals surface area contributed by atoms with Crippen molar-refractivity contribution in [1.29, 1.82) is 0 Å². The molecule has 1 aliphatic rings. The standard InChI is InChI=1S/C19H26N4O2/c1-13(2)16(20-14(3)25)17-21-18(22-23(17)11-12-24)19(9-10-19)15-7-5-4-6-8-15/h4-8,13,16,24H,9-12H2,1-3H3,(H,20,25)/t16-/m0/s1. The molecule has 1 aliphatic carbocycles. The van der Waals surface area contributed by atoms with Crippen molar-refractivity contribution >= 4 is 5.91 Å². The summed E-state index contributed by atoms with van der Waals surface area (Å²) in [6, 6.07) is 10.1. The van der Waals surface area contributed by atoms with E-state index >= 15 is 0 Å². The fourth-order valence-electron chi connectivity index (χ4n) is 3.32. The molecule has 0 saturated heterocycles. The van der Waals surface area contributed by atoms with Crippen molar-refractivity contribution in [3.05, 3.63) is 47.5 Å². The van der Waals surface area contributed by atoms with E-state index in [2.05, 4.69) is 17.4 Å². The summed E-state index contributed by atoms with van der Waals surface area (Å²) >= 11 is 0. The highest BCUT2D eigenvalue weighted by Crippen LogP contribution is 2.52. The quantitative estimate of drug-likeness (QED) is 0.808. The van der Waals surface area contributed by atoms with Crippen molar-refractivity contribution in [1.82, 2.24) is 20.1 Å². The van der Waals surface area contributed by atoms with Gasteiger partial charge in [0.1, 0.15) is 5.82 Å². The molecule has 1 heterocycles. The van der Waals surface area contributed by atoms with Crippen molar-refractivity contribution in [3.63, 3.8) is 0 Å². The smallest absolute Gasteiger partial charge is 0.217 e. The zero-order valence-corrected chi connectivity index (χ0v) is 15.1. The number of aliphatic hydroxyl groups excluding tert-OH is 1. The first-order chi connectivity index (χ1) is 12.0. The molecule has 1 saturated carbocycles. The molecule has 0 bridgehead atoms. The Bertz CT molecular complexity index is 735. The van der Waals surface area contributed by atoms with Gasteiger partial charge in [0.05, 0.1) is 24.6 Å². The third-order valence-corrected chi connectivity index (χ3v) is 4.82. The highest BCUT2D eigenvalue weighted by Gasteiger charge is 2.50. The first-order valence-corrected chi connectivity index (χ1v) is 8.86. The van der Waals surface area contributed by atoms with E-state index in [1.807, 2.05) is 32.0 Å². The first kappa shape index (κ1) is 17.6. The van der Waals surface area contributed by atoms with E-state index in [-0.39, 0.29) is 29.9 Å². The van der Waals surface area contributed by atoms with E-state index in [4.69, 9.17) is 10.1 Å². The summed E-state index contributed by atoms with van der Waals surface area (Å²) in [6.07, 6.45) is 2.04. The Morgan fingerprint density at radius 2 is 2.00 bits per heavy atom.